The van der Waals surface area contributed by atoms with Gasteiger partial charge in [-0.1, -0.05) is 19.1 Å². The molecule has 1 heterocycles. The fraction of sp³-hybridized carbons (Fsp3) is 0.500. The molecule has 2 nitrogen and oxygen atoms in total. The highest BCUT2D eigenvalue weighted by molar-refractivity contribution is 5.49. The van der Waals surface area contributed by atoms with Gasteiger partial charge in [-0.2, -0.15) is 0 Å². The van der Waals surface area contributed by atoms with E-state index in [9.17, 15) is 0 Å². The third kappa shape index (κ3) is 1.22. The van der Waals surface area contributed by atoms with Crippen molar-refractivity contribution < 1.29 is 4.74 Å². The second-order valence-corrected chi connectivity index (χ2v) is 4.02. The second kappa shape index (κ2) is 3.28. The van der Waals surface area contributed by atoms with Gasteiger partial charge in [0.05, 0.1) is 6.04 Å². The molecule has 0 fully saturated rings. The van der Waals surface area contributed by atoms with Crippen molar-refractivity contribution in [1.82, 2.24) is 0 Å². The molecule has 0 bridgehead atoms. The first-order valence-electron chi connectivity index (χ1n) is 5.17. The molecule has 2 atom stereocenters. The SMILES string of the molecule is CCC1Oc2c(ccc(C)c2C)C1N. The Morgan fingerprint density at radius 1 is 1.36 bits per heavy atom. The zero-order valence-corrected chi connectivity index (χ0v) is 9.00. The summed E-state index contributed by atoms with van der Waals surface area (Å²) in [5.74, 6) is 1.02. The maximum atomic E-state index is 6.10. The molecule has 0 aliphatic carbocycles. The lowest BCUT2D eigenvalue weighted by Crippen LogP contribution is -2.24. The van der Waals surface area contributed by atoms with E-state index in [4.69, 9.17) is 10.5 Å². The minimum atomic E-state index is 0.0503. The molecule has 1 aromatic carbocycles. The van der Waals surface area contributed by atoms with Gasteiger partial charge < -0.3 is 10.5 Å². The summed E-state index contributed by atoms with van der Waals surface area (Å²) in [7, 11) is 0. The standard InChI is InChI=1S/C12H17NO/c1-4-10-11(13)9-6-5-7(2)8(3)12(9)14-10/h5-6,10-11H,4,13H2,1-3H3. The predicted molar refractivity (Wildman–Crippen MR) is 57.6 cm³/mol. The quantitative estimate of drug-likeness (QED) is 0.740. The first kappa shape index (κ1) is 9.53. The van der Waals surface area contributed by atoms with Gasteiger partial charge in [0.25, 0.3) is 0 Å². The van der Waals surface area contributed by atoms with Crippen LogP contribution in [-0.2, 0) is 0 Å². The fourth-order valence-electron chi connectivity index (χ4n) is 1.99. The Bertz CT molecular complexity index is 360. The molecule has 2 heteroatoms. The Hall–Kier alpha value is -1.02. The topological polar surface area (TPSA) is 35.2 Å². The Morgan fingerprint density at radius 3 is 2.71 bits per heavy atom. The fourth-order valence-corrected chi connectivity index (χ4v) is 1.99. The Kier molecular flexibility index (Phi) is 2.23. The minimum Gasteiger partial charge on any atom is -0.488 e. The number of fused-ring (bicyclic) bond motifs is 1. The van der Waals surface area contributed by atoms with E-state index in [1.165, 1.54) is 16.7 Å². The van der Waals surface area contributed by atoms with Gasteiger partial charge in [-0.3, -0.25) is 0 Å². The molecule has 0 spiro atoms. The van der Waals surface area contributed by atoms with Gasteiger partial charge >= 0.3 is 0 Å². The molecule has 1 aliphatic rings. The lowest BCUT2D eigenvalue weighted by atomic mass is 9.99. The number of hydrogen-bond donors (Lipinski definition) is 1. The van der Waals surface area contributed by atoms with Crippen molar-refractivity contribution in [3.05, 3.63) is 28.8 Å². The minimum absolute atomic E-state index is 0.0503. The molecular weight excluding hydrogens is 174 g/mol. The lowest BCUT2D eigenvalue weighted by Gasteiger charge is -2.12. The van der Waals surface area contributed by atoms with Crippen LogP contribution >= 0.6 is 0 Å². The normalized spacial score (nSPS) is 24.6. The van der Waals surface area contributed by atoms with Crippen LogP contribution in [0.5, 0.6) is 5.75 Å². The molecular formula is C12H17NO. The summed E-state index contributed by atoms with van der Waals surface area (Å²) in [6.07, 6.45) is 1.12. The summed E-state index contributed by atoms with van der Waals surface area (Å²) in [6.45, 7) is 6.31. The maximum absolute atomic E-state index is 6.10. The van der Waals surface area contributed by atoms with Gasteiger partial charge in [-0.15, -0.1) is 0 Å². The van der Waals surface area contributed by atoms with E-state index >= 15 is 0 Å². The molecule has 2 rings (SSSR count). The molecule has 0 aromatic heterocycles. The Balaban J connectivity index is 2.48. The zero-order valence-electron chi connectivity index (χ0n) is 9.00. The van der Waals surface area contributed by atoms with Gasteiger partial charge in [-0.25, -0.2) is 0 Å². The molecule has 76 valence electrons. The Morgan fingerprint density at radius 2 is 2.07 bits per heavy atom. The zero-order chi connectivity index (χ0) is 10.3. The summed E-state index contributed by atoms with van der Waals surface area (Å²) in [6, 6.07) is 4.27. The second-order valence-electron chi connectivity index (χ2n) is 4.02. The van der Waals surface area contributed by atoms with Crippen molar-refractivity contribution in [2.75, 3.05) is 0 Å². The summed E-state index contributed by atoms with van der Waals surface area (Å²) in [5, 5.41) is 0. The van der Waals surface area contributed by atoms with Gasteiger partial charge in [-0.05, 0) is 31.4 Å². The molecule has 0 saturated heterocycles. The monoisotopic (exact) mass is 191 g/mol. The number of aryl methyl sites for hydroxylation is 1. The highest BCUT2D eigenvalue weighted by Gasteiger charge is 2.31. The molecule has 0 saturated carbocycles. The largest absolute Gasteiger partial charge is 0.488 e. The number of hydrogen-bond acceptors (Lipinski definition) is 2. The summed E-state index contributed by atoms with van der Waals surface area (Å²) < 4.78 is 5.85. The molecule has 2 unspecified atom stereocenters. The molecule has 0 radical (unpaired) electrons. The van der Waals surface area contributed by atoms with Crippen LogP contribution in [0.2, 0.25) is 0 Å². The first-order valence-corrected chi connectivity index (χ1v) is 5.17. The molecule has 14 heavy (non-hydrogen) atoms. The summed E-state index contributed by atoms with van der Waals surface area (Å²) in [5.41, 5.74) is 9.76. The van der Waals surface area contributed by atoms with E-state index in [0.29, 0.717) is 0 Å². The average molecular weight is 191 g/mol. The third-order valence-corrected chi connectivity index (χ3v) is 3.14. The molecule has 0 amide bonds. The van der Waals surface area contributed by atoms with Crippen molar-refractivity contribution in [3.8, 4) is 5.75 Å². The smallest absolute Gasteiger partial charge is 0.127 e. The number of nitrogens with two attached hydrogens (primary N) is 1. The van der Waals surface area contributed by atoms with Crippen molar-refractivity contribution in [3.63, 3.8) is 0 Å². The maximum Gasteiger partial charge on any atom is 0.127 e. The van der Waals surface area contributed by atoms with Crippen LogP contribution in [0.25, 0.3) is 0 Å². The average Bonchev–Trinajstić information content (AvgIpc) is 2.50. The highest BCUT2D eigenvalue weighted by atomic mass is 16.5. The van der Waals surface area contributed by atoms with Crippen molar-refractivity contribution in [1.29, 1.82) is 0 Å². The highest BCUT2D eigenvalue weighted by Crippen LogP contribution is 2.39. The van der Waals surface area contributed by atoms with Crippen LogP contribution < -0.4 is 10.5 Å². The summed E-state index contributed by atoms with van der Waals surface area (Å²) >= 11 is 0. The van der Waals surface area contributed by atoms with E-state index in [1.54, 1.807) is 0 Å². The van der Waals surface area contributed by atoms with Crippen molar-refractivity contribution in [2.45, 2.75) is 39.3 Å². The first-order chi connectivity index (χ1) is 6.65. The molecule has 1 aromatic rings. The lowest BCUT2D eigenvalue weighted by molar-refractivity contribution is 0.201. The van der Waals surface area contributed by atoms with Gasteiger partial charge in [0.15, 0.2) is 0 Å². The van der Waals surface area contributed by atoms with Gasteiger partial charge in [0.1, 0.15) is 11.9 Å². The van der Waals surface area contributed by atoms with Crippen LogP contribution in [0, 0.1) is 13.8 Å². The van der Waals surface area contributed by atoms with Gasteiger partial charge in [0.2, 0.25) is 0 Å². The van der Waals surface area contributed by atoms with E-state index in [0.717, 1.165) is 12.2 Å². The van der Waals surface area contributed by atoms with E-state index in [-0.39, 0.29) is 12.1 Å². The molecule has 2 N–H and O–H groups in total. The van der Waals surface area contributed by atoms with E-state index in [1.807, 2.05) is 0 Å². The van der Waals surface area contributed by atoms with Crippen LogP contribution in [0.3, 0.4) is 0 Å². The summed E-state index contributed by atoms with van der Waals surface area (Å²) in [4.78, 5) is 0. The predicted octanol–water partition coefficient (Wildman–Crippen LogP) is 2.47. The van der Waals surface area contributed by atoms with E-state index < -0.39 is 0 Å². The van der Waals surface area contributed by atoms with Gasteiger partial charge in [0, 0.05) is 5.56 Å². The Labute approximate surface area is 85.1 Å². The number of ether oxygens (including phenoxy) is 1. The van der Waals surface area contributed by atoms with Crippen LogP contribution in [-0.4, -0.2) is 6.10 Å². The van der Waals surface area contributed by atoms with Crippen molar-refractivity contribution >= 4 is 0 Å². The molecule has 1 aliphatic heterocycles. The number of rotatable bonds is 1. The number of benzene rings is 1. The van der Waals surface area contributed by atoms with Crippen LogP contribution in [0.4, 0.5) is 0 Å². The van der Waals surface area contributed by atoms with E-state index in [2.05, 4.69) is 32.9 Å². The third-order valence-electron chi connectivity index (χ3n) is 3.14. The van der Waals surface area contributed by atoms with Crippen LogP contribution in [0.15, 0.2) is 12.1 Å². The van der Waals surface area contributed by atoms with Crippen molar-refractivity contribution in [2.24, 2.45) is 5.73 Å². The van der Waals surface area contributed by atoms with Crippen LogP contribution in [0.1, 0.15) is 36.1 Å².